The lowest BCUT2D eigenvalue weighted by Crippen LogP contribution is -2.38. The minimum absolute atomic E-state index is 0.527. The molecule has 0 amide bonds. The Hall–Kier alpha value is -0.830. The molecule has 1 aromatic heterocycles. The van der Waals surface area contributed by atoms with E-state index in [9.17, 15) is 0 Å². The van der Waals surface area contributed by atoms with Gasteiger partial charge < -0.3 is 4.90 Å². The average Bonchev–Trinajstić information content (AvgIpc) is 2.47. The van der Waals surface area contributed by atoms with E-state index in [0.717, 1.165) is 38.0 Å². The maximum Gasteiger partial charge on any atom is 0.135 e. The summed E-state index contributed by atoms with van der Waals surface area (Å²) in [4.78, 5) is 11.4. The van der Waals surface area contributed by atoms with Crippen molar-refractivity contribution < 1.29 is 0 Å². The summed E-state index contributed by atoms with van der Waals surface area (Å²) in [7, 11) is 0. The molecule has 1 aliphatic carbocycles. The van der Waals surface area contributed by atoms with Gasteiger partial charge in [-0.25, -0.2) is 9.97 Å². The van der Waals surface area contributed by atoms with Crippen LogP contribution < -0.4 is 4.90 Å². The zero-order valence-corrected chi connectivity index (χ0v) is 12.8. The highest BCUT2D eigenvalue weighted by Crippen LogP contribution is 2.29. The molecule has 0 aliphatic heterocycles. The molecule has 1 aromatic rings. The second kappa shape index (κ2) is 7.09. The fraction of sp³-hybridized carbons (Fsp3) is 0.733. The lowest BCUT2D eigenvalue weighted by atomic mass is 9.95. The summed E-state index contributed by atoms with van der Waals surface area (Å²) in [6.07, 6.45) is 8.71. The quantitative estimate of drug-likeness (QED) is 0.746. The molecule has 0 atom stereocenters. The van der Waals surface area contributed by atoms with E-state index in [2.05, 4.69) is 28.7 Å². The molecule has 0 bridgehead atoms. The molecule has 0 aromatic carbocycles. The van der Waals surface area contributed by atoms with E-state index in [0.29, 0.717) is 11.9 Å². The second-order valence-electron chi connectivity index (χ2n) is 5.18. The van der Waals surface area contributed by atoms with Crippen LogP contribution in [0.5, 0.6) is 0 Å². The van der Waals surface area contributed by atoms with Gasteiger partial charge in [0, 0.05) is 29.7 Å². The number of hydrogen-bond donors (Lipinski definition) is 0. The van der Waals surface area contributed by atoms with E-state index >= 15 is 0 Å². The molecule has 0 radical (unpaired) electrons. The third kappa shape index (κ3) is 3.19. The summed E-state index contributed by atoms with van der Waals surface area (Å²) >= 11 is 6.00. The molecule has 1 heterocycles. The maximum absolute atomic E-state index is 6.00. The van der Waals surface area contributed by atoms with Crippen LogP contribution in [0.25, 0.3) is 0 Å². The molecule has 1 aliphatic rings. The molecule has 0 saturated heterocycles. The highest BCUT2D eigenvalue weighted by Gasteiger charge is 2.23. The van der Waals surface area contributed by atoms with Gasteiger partial charge in [0.25, 0.3) is 0 Å². The normalized spacial score (nSPS) is 14.5. The van der Waals surface area contributed by atoms with E-state index in [1.807, 2.05) is 0 Å². The van der Waals surface area contributed by atoms with E-state index in [1.54, 1.807) is 6.33 Å². The Morgan fingerprint density at radius 3 is 2.63 bits per heavy atom. The van der Waals surface area contributed by atoms with E-state index < -0.39 is 0 Å². The Kier molecular flexibility index (Phi) is 5.44. The Morgan fingerprint density at radius 2 is 1.95 bits per heavy atom. The highest BCUT2D eigenvalue weighted by atomic mass is 35.5. The maximum atomic E-state index is 6.00. The minimum Gasteiger partial charge on any atom is -0.352 e. The number of anilines is 1. The van der Waals surface area contributed by atoms with Crippen LogP contribution in [-0.2, 0) is 12.8 Å². The van der Waals surface area contributed by atoms with Crippen LogP contribution in [0.3, 0.4) is 0 Å². The van der Waals surface area contributed by atoms with Crippen molar-refractivity contribution in [1.29, 1.82) is 0 Å². The van der Waals surface area contributed by atoms with Gasteiger partial charge in [0.15, 0.2) is 0 Å². The van der Waals surface area contributed by atoms with Crippen molar-refractivity contribution in [2.45, 2.75) is 58.4 Å². The van der Waals surface area contributed by atoms with E-state index in [-0.39, 0.29) is 0 Å². The zero-order valence-electron chi connectivity index (χ0n) is 12.0. The first-order valence-electron chi connectivity index (χ1n) is 7.47. The Balaban J connectivity index is 2.35. The molecule has 3 nitrogen and oxygen atoms in total. The van der Waals surface area contributed by atoms with E-state index in [4.69, 9.17) is 11.6 Å². The van der Waals surface area contributed by atoms with Crippen LogP contribution in [-0.4, -0.2) is 28.4 Å². The van der Waals surface area contributed by atoms with Crippen molar-refractivity contribution in [2.75, 3.05) is 17.3 Å². The van der Waals surface area contributed by atoms with Gasteiger partial charge in [-0.05, 0) is 38.5 Å². The van der Waals surface area contributed by atoms with Gasteiger partial charge in [0.2, 0.25) is 0 Å². The number of aromatic nitrogens is 2. The summed E-state index contributed by atoms with van der Waals surface area (Å²) < 4.78 is 0. The largest absolute Gasteiger partial charge is 0.352 e. The molecule has 0 fully saturated rings. The van der Waals surface area contributed by atoms with Gasteiger partial charge in [-0.2, -0.15) is 0 Å². The van der Waals surface area contributed by atoms with Crippen molar-refractivity contribution >= 4 is 17.4 Å². The molecular formula is C15H24ClN3. The number of fused-ring (bicyclic) bond motifs is 1. The number of alkyl halides is 1. The first-order valence-corrected chi connectivity index (χ1v) is 8.00. The molecule has 0 unspecified atom stereocenters. The number of rotatable bonds is 6. The number of nitrogens with zero attached hydrogens (tertiary/aromatic N) is 3. The summed E-state index contributed by atoms with van der Waals surface area (Å²) in [6.45, 7) is 5.35. The fourth-order valence-corrected chi connectivity index (χ4v) is 3.22. The zero-order chi connectivity index (χ0) is 13.7. The first kappa shape index (κ1) is 14.6. The van der Waals surface area contributed by atoms with Crippen LogP contribution in [0.1, 0.15) is 50.8 Å². The van der Waals surface area contributed by atoms with Crippen LogP contribution >= 0.6 is 11.6 Å². The Morgan fingerprint density at radius 1 is 1.21 bits per heavy atom. The minimum atomic E-state index is 0.527. The van der Waals surface area contributed by atoms with Gasteiger partial charge in [-0.15, -0.1) is 11.6 Å². The molecule has 0 N–H and O–H groups in total. The molecular weight excluding hydrogens is 258 g/mol. The SMILES string of the molecule is CCC(CC)N(CCCl)c1ncnc2c1CCCC2. The van der Waals surface area contributed by atoms with Crippen molar-refractivity contribution in [3.8, 4) is 0 Å². The topological polar surface area (TPSA) is 29.0 Å². The summed E-state index contributed by atoms with van der Waals surface area (Å²) in [6, 6.07) is 0.527. The van der Waals surface area contributed by atoms with Crippen LogP contribution in [0, 0.1) is 0 Å². The van der Waals surface area contributed by atoms with Crippen molar-refractivity contribution in [3.63, 3.8) is 0 Å². The highest BCUT2D eigenvalue weighted by molar-refractivity contribution is 6.18. The fourth-order valence-electron chi connectivity index (χ4n) is 3.03. The Labute approximate surface area is 121 Å². The summed E-state index contributed by atoms with van der Waals surface area (Å²) in [5, 5.41) is 0. The smallest absolute Gasteiger partial charge is 0.135 e. The van der Waals surface area contributed by atoms with Gasteiger partial charge in [-0.1, -0.05) is 13.8 Å². The summed E-state index contributed by atoms with van der Waals surface area (Å²) in [5.74, 6) is 1.79. The predicted octanol–water partition coefficient (Wildman–Crippen LogP) is 3.59. The number of aryl methyl sites for hydroxylation is 1. The Bertz CT molecular complexity index is 404. The van der Waals surface area contributed by atoms with Crippen molar-refractivity contribution in [2.24, 2.45) is 0 Å². The monoisotopic (exact) mass is 281 g/mol. The molecule has 19 heavy (non-hydrogen) atoms. The summed E-state index contributed by atoms with van der Waals surface area (Å²) in [5.41, 5.74) is 2.62. The second-order valence-corrected chi connectivity index (χ2v) is 5.56. The van der Waals surface area contributed by atoms with Crippen LogP contribution in [0.4, 0.5) is 5.82 Å². The van der Waals surface area contributed by atoms with Crippen molar-refractivity contribution in [3.05, 3.63) is 17.6 Å². The standard InChI is InChI=1S/C15H24ClN3/c1-3-12(4-2)19(10-9-16)15-13-7-5-6-8-14(13)17-11-18-15/h11-12H,3-10H2,1-2H3. The lowest BCUT2D eigenvalue weighted by molar-refractivity contribution is 0.554. The molecule has 106 valence electrons. The third-order valence-corrected chi connectivity index (χ3v) is 4.25. The van der Waals surface area contributed by atoms with Gasteiger partial charge >= 0.3 is 0 Å². The van der Waals surface area contributed by atoms with Crippen LogP contribution in [0.15, 0.2) is 6.33 Å². The van der Waals surface area contributed by atoms with Crippen LogP contribution in [0.2, 0.25) is 0 Å². The van der Waals surface area contributed by atoms with Gasteiger partial charge in [-0.3, -0.25) is 0 Å². The number of hydrogen-bond acceptors (Lipinski definition) is 3. The predicted molar refractivity (Wildman–Crippen MR) is 81.1 cm³/mol. The van der Waals surface area contributed by atoms with E-state index in [1.165, 1.54) is 24.1 Å². The number of halogens is 1. The third-order valence-electron chi connectivity index (χ3n) is 4.08. The molecule has 4 heteroatoms. The van der Waals surface area contributed by atoms with Crippen molar-refractivity contribution in [1.82, 2.24) is 9.97 Å². The molecule has 2 rings (SSSR count). The van der Waals surface area contributed by atoms with Gasteiger partial charge in [0.05, 0.1) is 0 Å². The average molecular weight is 282 g/mol. The lowest BCUT2D eigenvalue weighted by Gasteiger charge is -2.33. The molecule has 0 saturated carbocycles. The molecule has 0 spiro atoms. The first-order chi connectivity index (χ1) is 9.31. The van der Waals surface area contributed by atoms with Gasteiger partial charge in [0.1, 0.15) is 12.1 Å².